The minimum absolute atomic E-state index is 0.452. The van der Waals surface area contributed by atoms with Gasteiger partial charge in [0.2, 0.25) is 0 Å². The number of benzene rings is 1. The minimum atomic E-state index is 0.452. The molecule has 0 spiro atoms. The molecule has 1 rings (SSSR count). The van der Waals surface area contributed by atoms with E-state index >= 15 is 0 Å². The van der Waals surface area contributed by atoms with Gasteiger partial charge in [0.15, 0.2) is 0 Å². The van der Waals surface area contributed by atoms with E-state index in [-0.39, 0.29) is 0 Å². The smallest absolute Gasteiger partial charge is 0.122 e. The summed E-state index contributed by atoms with van der Waals surface area (Å²) in [5.41, 5.74) is 1.19. The Morgan fingerprint density at radius 3 is 2.56 bits per heavy atom. The van der Waals surface area contributed by atoms with Gasteiger partial charge in [0.05, 0.1) is 7.11 Å². The lowest BCUT2D eigenvalue weighted by Gasteiger charge is -2.19. The molecule has 0 radical (unpaired) electrons. The summed E-state index contributed by atoms with van der Waals surface area (Å²) in [5.74, 6) is 2.04. The first-order valence-corrected chi connectivity index (χ1v) is 6.97. The van der Waals surface area contributed by atoms with Gasteiger partial charge in [-0.25, -0.2) is 0 Å². The van der Waals surface area contributed by atoms with E-state index in [2.05, 4.69) is 29.8 Å². The molecule has 0 bridgehead atoms. The van der Waals surface area contributed by atoms with E-state index in [9.17, 15) is 0 Å². The van der Waals surface area contributed by atoms with Gasteiger partial charge in [-0.15, -0.1) is 0 Å². The summed E-state index contributed by atoms with van der Waals surface area (Å²) in [6.07, 6.45) is 1.13. The summed E-state index contributed by atoms with van der Waals surface area (Å²) in [7, 11) is 1.70. The SMILES string of the molecule is COc1ccc(Cl)cc1C(CBr)CC(C)C. The number of methoxy groups -OCH3 is 1. The maximum atomic E-state index is 6.04. The maximum Gasteiger partial charge on any atom is 0.122 e. The van der Waals surface area contributed by atoms with Crippen LogP contribution in [0.25, 0.3) is 0 Å². The quantitative estimate of drug-likeness (QED) is 0.705. The van der Waals surface area contributed by atoms with E-state index in [1.54, 1.807) is 7.11 Å². The fourth-order valence-electron chi connectivity index (χ4n) is 1.87. The fraction of sp³-hybridized carbons (Fsp3) is 0.538. The molecule has 0 aliphatic rings. The first-order valence-electron chi connectivity index (χ1n) is 5.47. The maximum absolute atomic E-state index is 6.04. The number of rotatable bonds is 5. The zero-order chi connectivity index (χ0) is 12.1. The van der Waals surface area contributed by atoms with Gasteiger partial charge in [0.1, 0.15) is 5.75 Å². The van der Waals surface area contributed by atoms with E-state index < -0.39 is 0 Å². The van der Waals surface area contributed by atoms with Crippen LogP contribution in [0, 0.1) is 5.92 Å². The predicted octanol–water partition coefficient (Wildman–Crippen LogP) is 4.87. The third kappa shape index (κ3) is 3.67. The summed E-state index contributed by atoms with van der Waals surface area (Å²) in [6.45, 7) is 4.46. The molecule has 0 saturated carbocycles. The summed E-state index contributed by atoms with van der Waals surface area (Å²) in [6, 6.07) is 5.81. The lowest BCUT2D eigenvalue weighted by molar-refractivity contribution is 0.402. The van der Waals surface area contributed by atoms with Crippen LogP contribution < -0.4 is 4.74 Å². The van der Waals surface area contributed by atoms with Crippen molar-refractivity contribution in [2.45, 2.75) is 26.2 Å². The third-order valence-electron chi connectivity index (χ3n) is 2.57. The van der Waals surface area contributed by atoms with Crippen molar-refractivity contribution in [3.63, 3.8) is 0 Å². The Morgan fingerprint density at radius 1 is 1.38 bits per heavy atom. The van der Waals surface area contributed by atoms with Crippen LogP contribution in [0.5, 0.6) is 5.75 Å². The molecule has 16 heavy (non-hydrogen) atoms. The molecule has 3 heteroatoms. The monoisotopic (exact) mass is 304 g/mol. The molecular formula is C13H18BrClO. The van der Waals surface area contributed by atoms with Crippen molar-refractivity contribution in [2.24, 2.45) is 5.92 Å². The zero-order valence-electron chi connectivity index (χ0n) is 9.97. The Balaban J connectivity index is 3.02. The van der Waals surface area contributed by atoms with Gasteiger partial charge in [0.25, 0.3) is 0 Å². The summed E-state index contributed by atoms with van der Waals surface area (Å²) in [5, 5.41) is 1.70. The van der Waals surface area contributed by atoms with Crippen molar-refractivity contribution < 1.29 is 4.74 Å². The van der Waals surface area contributed by atoms with E-state index in [4.69, 9.17) is 16.3 Å². The van der Waals surface area contributed by atoms with Gasteiger partial charge in [-0.2, -0.15) is 0 Å². The number of hydrogen-bond donors (Lipinski definition) is 0. The van der Waals surface area contributed by atoms with Crippen LogP contribution in [0.2, 0.25) is 5.02 Å². The van der Waals surface area contributed by atoms with Crippen LogP contribution in [0.1, 0.15) is 31.7 Å². The second-order valence-corrected chi connectivity index (χ2v) is 5.45. The lowest BCUT2D eigenvalue weighted by Crippen LogP contribution is -2.06. The van der Waals surface area contributed by atoms with E-state index in [1.807, 2.05) is 18.2 Å². The standard InChI is InChI=1S/C13H18BrClO/c1-9(2)6-10(8-14)12-7-11(15)4-5-13(12)16-3/h4-5,7,9-10H,6,8H2,1-3H3. The van der Waals surface area contributed by atoms with Gasteiger partial charge in [-0.1, -0.05) is 41.4 Å². The van der Waals surface area contributed by atoms with Gasteiger partial charge in [0, 0.05) is 10.4 Å². The molecule has 1 aromatic carbocycles. The van der Waals surface area contributed by atoms with Gasteiger partial charge in [-0.05, 0) is 42.0 Å². The van der Waals surface area contributed by atoms with Crippen LogP contribution in [0.4, 0.5) is 0 Å². The summed E-state index contributed by atoms with van der Waals surface area (Å²) >= 11 is 9.61. The minimum Gasteiger partial charge on any atom is -0.496 e. The number of ether oxygens (including phenoxy) is 1. The fourth-order valence-corrected chi connectivity index (χ4v) is 2.66. The Morgan fingerprint density at radius 2 is 2.06 bits per heavy atom. The number of hydrogen-bond acceptors (Lipinski definition) is 1. The summed E-state index contributed by atoms with van der Waals surface area (Å²) in [4.78, 5) is 0. The lowest BCUT2D eigenvalue weighted by atomic mass is 9.91. The first kappa shape index (κ1) is 13.9. The molecule has 1 atom stereocenters. The highest BCUT2D eigenvalue weighted by atomic mass is 79.9. The largest absolute Gasteiger partial charge is 0.496 e. The van der Waals surface area contributed by atoms with Crippen LogP contribution in [-0.2, 0) is 0 Å². The van der Waals surface area contributed by atoms with E-state index in [1.165, 1.54) is 5.56 Å². The zero-order valence-corrected chi connectivity index (χ0v) is 12.3. The average molecular weight is 306 g/mol. The average Bonchev–Trinajstić information content (AvgIpc) is 2.25. The Hall–Kier alpha value is -0.210. The van der Waals surface area contributed by atoms with E-state index in [0.29, 0.717) is 11.8 Å². The molecule has 0 N–H and O–H groups in total. The molecule has 1 nitrogen and oxygen atoms in total. The molecule has 0 heterocycles. The van der Waals surface area contributed by atoms with Crippen LogP contribution in [0.15, 0.2) is 18.2 Å². The highest BCUT2D eigenvalue weighted by Gasteiger charge is 2.16. The molecule has 0 aliphatic heterocycles. The number of halogens is 2. The third-order valence-corrected chi connectivity index (χ3v) is 3.59. The molecule has 0 aromatic heterocycles. The van der Waals surface area contributed by atoms with Crippen molar-refractivity contribution in [3.8, 4) is 5.75 Å². The van der Waals surface area contributed by atoms with Gasteiger partial charge < -0.3 is 4.74 Å². The van der Waals surface area contributed by atoms with Crippen LogP contribution in [0.3, 0.4) is 0 Å². The Kier molecular flexibility index (Phi) is 5.63. The molecule has 1 aromatic rings. The van der Waals surface area contributed by atoms with Crippen molar-refractivity contribution in [1.82, 2.24) is 0 Å². The topological polar surface area (TPSA) is 9.23 Å². The second kappa shape index (κ2) is 6.51. The highest BCUT2D eigenvalue weighted by Crippen LogP contribution is 2.34. The normalized spacial score (nSPS) is 12.9. The predicted molar refractivity (Wildman–Crippen MR) is 74.0 cm³/mol. The van der Waals surface area contributed by atoms with E-state index in [0.717, 1.165) is 22.5 Å². The van der Waals surface area contributed by atoms with Crippen molar-refractivity contribution in [1.29, 1.82) is 0 Å². The molecule has 1 unspecified atom stereocenters. The second-order valence-electron chi connectivity index (χ2n) is 4.37. The number of alkyl halides is 1. The Labute approximate surface area is 111 Å². The highest BCUT2D eigenvalue weighted by molar-refractivity contribution is 9.09. The van der Waals surface area contributed by atoms with Gasteiger partial charge in [-0.3, -0.25) is 0 Å². The van der Waals surface area contributed by atoms with Crippen molar-refractivity contribution in [3.05, 3.63) is 28.8 Å². The molecule has 90 valence electrons. The molecule has 0 aliphatic carbocycles. The molecule has 0 saturated heterocycles. The Bertz CT molecular complexity index is 339. The summed E-state index contributed by atoms with van der Waals surface area (Å²) < 4.78 is 5.39. The molecule has 0 amide bonds. The van der Waals surface area contributed by atoms with Crippen molar-refractivity contribution in [2.75, 3.05) is 12.4 Å². The van der Waals surface area contributed by atoms with Gasteiger partial charge >= 0.3 is 0 Å². The molecular weight excluding hydrogens is 287 g/mol. The molecule has 0 fully saturated rings. The van der Waals surface area contributed by atoms with Crippen LogP contribution >= 0.6 is 27.5 Å². The first-order chi connectivity index (χ1) is 7.58. The van der Waals surface area contributed by atoms with Crippen LogP contribution in [-0.4, -0.2) is 12.4 Å². The van der Waals surface area contributed by atoms with Crippen molar-refractivity contribution >= 4 is 27.5 Å².